The van der Waals surface area contributed by atoms with Crippen LogP contribution in [0.1, 0.15) is 18.1 Å². The third-order valence-electron chi connectivity index (χ3n) is 3.57. The van der Waals surface area contributed by atoms with Gasteiger partial charge in [-0.15, -0.1) is 0 Å². The van der Waals surface area contributed by atoms with Gasteiger partial charge in [0.05, 0.1) is 0 Å². The van der Waals surface area contributed by atoms with Crippen molar-refractivity contribution in [3.05, 3.63) is 65.7 Å². The summed E-state index contributed by atoms with van der Waals surface area (Å²) in [7, 11) is 0. The molecule has 0 atom stereocenters. The largest absolute Gasteiger partial charge is 0.370 e. The van der Waals surface area contributed by atoms with E-state index in [1.807, 2.05) is 42.5 Å². The lowest BCUT2D eigenvalue weighted by Gasteiger charge is -2.07. The van der Waals surface area contributed by atoms with E-state index in [1.165, 1.54) is 11.1 Å². The lowest BCUT2D eigenvalue weighted by molar-refractivity contribution is -0.114. The quantitative estimate of drug-likeness (QED) is 0.540. The molecule has 5 nitrogen and oxygen atoms in total. The van der Waals surface area contributed by atoms with Crippen molar-refractivity contribution in [2.45, 2.75) is 19.8 Å². The van der Waals surface area contributed by atoms with Gasteiger partial charge in [-0.05, 0) is 36.1 Å². The molecule has 1 amide bonds. The Kier molecular flexibility index (Phi) is 6.83. The molecule has 0 aliphatic carbocycles. The molecule has 0 aromatic heterocycles. The first-order valence-corrected chi connectivity index (χ1v) is 8.14. The highest BCUT2D eigenvalue weighted by Crippen LogP contribution is 2.10. The van der Waals surface area contributed by atoms with Crippen LogP contribution >= 0.6 is 0 Å². The number of nitrogens with two attached hydrogens (primary N) is 1. The van der Waals surface area contributed by atoms with E-state index >= 15 is 0 Å². The molecule has 0 heterocycles. The highest BCUT2D eigenvalue weighted by Gasteiger charge is 2.02. The van der Waals surface area contributed by atoms with Gasteiger partial charge >= 0.3 is 0 Å². The van der Waals surface area contributed by atoms with Crippen LogP contribution in [-0.4, -0.2) is 25.0 Å². The Labute approximate surface area is 143 Å². The summed E-state index contributed by atoms with van der Waals surface area (Å²) in [5.41, 5.74) is 8.97. The van der Waals surface area contributed by atoms with Crippen LogP contribution in [0, 0.1) is 0 Å². The van der Waals surface area contributed by atoms with Gasteiger partial charge in [-0.25, -0.2) is 4.99 Å². The van der Waals surface area contributed by atoms with Crippen LogP contribution in [-0.2, 0) is 17.6 Å². The minimum atomic E-state index is -0.184. The Balaban J connectivity index is 1.73. The number of rotatable bonds is 7. The van der Waals surface area contributed by atoms with Crippen molar-refractivity contribution < 1.29 is 4.79 Å². The smallest absolute Gasteiger partial charge is 0.246 e. The SMILES string of the molecule is CCc1cccc(NC(=O)CN=C(N)NCCc2ccccc2)c1. The summed E-state index contributed by atoms with van der Waals surface area (Å²) >= 11 is 0. The van der Waals surface area contributed by atoms with Gasteiger partial charge in [0.1, 0.15) is 6.54 Å². The van der Waals surface area contributed by atoms with Crippen molar-refractivity contribution in [1.29, 1.82) is 0 Å². The van der Waals surface area contributed by atoms with Crippen LogP contribution in [0.15, 0.2) is 59.6 Å². The molecule has 0 saturated heterocycles. The topological polar surface area (TPSA) is 79.5 Å². The molecule has 2 aromatic carbocycles. The number of carbonyl (C=O) groups excluding carboxylic acids is 1. The third kappa shape index (κ3) is 6.12. The van der Waals surface area contributed by atoms with E-state index in [4.69, 9.17) is 5.73 Å². The van der Waals surface area contributed by atoms with Gasteiger partial charge in [-0.3, -0.25) is 4.79 Å². The van der Waals surface area contributed by atoms with Gasteiger partial charge < -0.3 is 16.4 Å². The lowest BCUT2D eigenvalue weighted by atomic mass is 10.1. The first-order chi connectivity index (χ1) is 11.7. The Bertz CT molecular complexity index is 683. The van der Waals surface area contributed by atoms with Crippen molar-refractivity contribution in [3.63, 3.8) is 0 Å². The average molecular weight is 324 g/mol. The molecule has 0 unspecified atom stereocenters. The van der Waals surface area contributed by atoms with Crippen LogP contribution in [0.25, 0.3) is 0 Å². The standard InChI is InChI=1S/C19H24N4O/c1-2-15-9-6-10-17(13-15)23-18(24)14-22-19(20)21-12-11-16-7-4-3-5-8-16/h3-10,13H,2,11-12,14H2,1H3,(H,23,24)(H3,20,21,22). The fourth-order valence-corrected chi connectivity index (χ4v) is 2.26. The van der Waals surface area contributed by atoms with Crippen LogP contribution < -0.4 is 16.4 Å². The number of aryl methyl sites for hydroxylation is 1. The number of nitrogens with zero attached hydrogens (tertiary/aromatic N) is 1. The van der Waals surface area contributed by atoms with Gasteiger partial charge in [-0.1, -0.05) is 49.4 Å². The van der Waals surface area contributed by atoms with E-state index in [9.17, 15) is 4.79 Å². The summed E-state index contributed by atoms with van der Waals surface area (Å²) in [5, 5.41) is 5.84. The van der Waals surface area contributed by atoms with Crippen molar-refractivity contribution in [2.24, 2.45) is 10.7 Å². The molecular formula is C19H24N4O. The zero-order valence-electron chi connectivity index (χ0n) is 14.0. The van der Waals surface area contributed by atoms with Crippen molar-refractivity contribution in [1.82, 2.24) is 5.32 Å². The van der Waals surface area contributed by atoms with Gasteiger partial charge in [-0.2, -0.15) is 0 Å². The van der Waals surface area contributed by atoms with E-state index < -0.39 is 0 Å². The van der Waals surface area contributed by atoms with Gasteiger partial charge in [0.25, 0.3) is 0 Å². The van der Waals surface area contributed by atoms with Gasteiger partial charge in [0, 0.05) is 12.2 Å². The molecule has 2 aromatic rings. The summed E-state index contributed by atoms with van der Waals surface area (Å²) in [5.74, 6) is 0.0967. The van der Waals surface area contributed by atoms with Gasteiger partial charge in [0.2, 0.25) is 5.91 Å². The molecule has 0 bridgehead atoms. The highest BCUT2D eigenvalue weighted by atomic mass is 16.1. The lowest BCUT2D eigenvalue weighted by Crippen LogP contribution is -2.34. The normalized spacial score (nSPS) is 11.1. The number of amides is 1. The number of nitrogens with one attached hydrogen (secondary N) is 2. The molecule has 126 valence electrons. The highest BCUT2D eigenvalue weighted by molar-refractivity contribution is 5.93. The van der Waals surface area contributed by atoms with Crippen LogP contribution in [0.3, 0.4) is 0 Å². The Morgan fingerprint density at radius 1 is 1.08 bits per heavy atom. The monoisotopic (exact) mass is 324 g/mol. The average Bonchev–Trinajstić information content (AvgIpc) is 2.61. The molecule has 2 rings (SSSR count). The Hall–Kier alpha value is -2.82. The number of guanidine groups is 1. The molecular weight excluding hydrogens is 300 g/mol. The first-order valence-electron chi connectivity index (χ1n) is 8.14. The van der Waals surface area contributed by atoms with E-state index in [0.29, 0.717) is 6.54 Å². The number of benzene rings is 2. The molecule has 0 aliphatic heterocycles. The maximum absolute atomic E-state index is 11.9. The number of hydrogen-bond acceptors (Lipinski definition) is 2. The second-order valence-corrected chi connectivity index (χ2v) is 5.47. The van der Waals surface area contributed by atoms with Crippen LogP contribution in [0.5, 0.6) is 0 Å². The van der Waals surface area contributed by atoms with E-state index in [0.717, 1.165) is 18.5 Å². The predicted molar refractivity (Wildman–Crippen MR) is 99.1 cm³/mol. The van der Waals surface area contributed by atoms with Crippen LogP contribution in [0.4, 0.5) is 5.69 Å². The molecule has 4 N–H and O–H groups in total. The molecule has 24 heavy (non-hydrogen) atoms. The fourth-order valence-electron chi connectivity index (χ4n) is 2.26. The van der Waals surface area contributed by atoms with Crippen molar-refractivity contribution >= 4 is 17.6 Å². The van der Waals surface area contributed by atoms with E-state index in [1.54, 1.807) is 0 Å². The third-order valence-corrected chi connectivity index (χ3v) is 3.57. The Morgan fingerprint density at radius 2 is 1.83 bits per heavy atom. The summed E-state index contributed by atoms with van der Waals surface area (Å²) in [6.45, 7) is 2.76. The molecule has 0 fully saturated rings. The van der Waals surface area contributed by atoms with E-state index in [2.05, 4.69) is 34.7 Å². The maximum Gasteiger partial charge on any atom is 0.246 e. The second kappa shape index (κ2) is 9.35. The number of hydrogen-bond donors (Lipinski definition) is 3. The summed E-state index contributed by atoms with van der Waals surface area (Å²) < 4.78 is 0. The molecule has 0 spiro atoms. The number of anilines is 1. The molecule has 0 radical (unpaired) electrons. The zero-order valence-corrected chi connectivity index (χ0v) is 14.0. The molecule has 0 saturated carbocycles. The van der Waals surface area contributed by atoms with E-state index in [-0.39, 0.29) is 18.4 Å². The fraction of sp³-hybridized carbons (Fsp3) is 0.263. The second-order valence-electron chi connectivity index (χ2n) is 5.47. The first kappa shape index (κ1) is 17.5. The Morgan fingerprint density at radius 3 is 2.58 bits per heavy atom. The summed E-state index contributed by atoms with van der Waals surface area (Å²) in [6.07, 6.45) is 1.78. The number of aliphatic imine (C=N–C) groups is 1. The summed E-state index contributed by atoms with van der Waals surface area (Å²) in [6, 6.07) is 17.9. The predicted octanol–water partition coefficient (Wildman–Crippen LogP) is 2.33. The minimum Gasteiger partial charge on any atom is -0.370 e. The zero-order chi connectivity index (χ0) is 17.2. The summed E-state index contributed by atoms with van der Waals surface area (Å²) in [4.78, 5) is 16.0. The minimum absolute atomic E-state index is 0.000519. The number of carbonyl (C=O) groups is 1. The van der Waals surface area contributed by atoms with Crippen molar-refractivity contribution in [3.8, 4) is 0 Å². The maximum atomic E-state index is 11.9. The molecule has 5 heteroatoms. The van der Waals surface area contributed by atoms with Crippen LogP contribution in [0.2, 0.25) is 0 Å². The van der Waals surface area contributed by atoms with Crippen molar-refractivity contribution in [2.75, 3.05) is 18.4 Å². The van der Waals surface area contributed by atoms with Gasteiger partial charge in [0.15, 0.2) is 5.96 Å². The molecule has 0 aliphatic rings.